The highest BCUT2D eigenvalue weighted by molar-refractivity contribution is 5.95. The van der Waals surface area contributed by atoms with Crippen molar-refractivity contribution in [2.45, 2.75) is 52.4 Å². The highest BCUT2D eigenvalue weighted by Gasteiger charge is 2.22. The highest BCUT2D eigenvalue weighted by Crippen LogP contribution is 2.27. The molecule has 0 fully saturated rings. The first-order valence-electron chi connectivity index (χ1n) is 8.18. The molecule has 1 aromatic rings. The summed E-state index contributed by atoms with van der Waals surface area (Å²) in [4.78, 5) is 23.0. The van der Waals surface area contributed by atoms with E-state index in [0.717, 1.165) is 25.7 Å². The van der Waals surface area contributed by atoms with Crippen molar-refractivity contribution in [1.82, 2.24) is 0 Å². The lowest BCUT2D eigenvalue weighted by molar-refractivity contribution is 0.0678. The molecule has 0 aromatic heterocycles. The van der Waals surface area contributed by atoms with Crippen LogP contribution in [0.4, 0.5) is 0 Å². The van der Waals surface area contributed by atoms with Crippen molar-refractivity contribution < 1.29 is 24.9 Å². The molecular weight excluding hydrogens is 296 g/mol. The van der Waals surface area contributed by atoms with E-state index in [1.165, 1.54) is 12.1 Å². The molecule has 1 aromatic carbocycles. The van der Waals surface area contributed by atoms with Crippen LogP contribution < -0.4 is 0 Å². The molecule has 5 nitrogen and oxygen atoms in total. The van der Waals surface area contributed by atoms with Gasteiger partial charge in [-0.3, -0.25) is 0 Å². The van der Waals surface area contributed by atoms with Crippen LogP contribution in [0.1, 0.15) is 71.4 Å². The average molecular weight is 322 g/mol. The zero-order valence-corrected chi connectivity index (χ0v) is 13.8. The molecule has 1 unspecified atom stereocenters. The van der Waals surface area contributed by atoms with Gasteiger partial charge in [-0.25, -0.2) is 9.59 Å². The molecule has 0 aliphatic rings. The fourth-order valence-corrected chi connectivity index (χ4v) is 2.96. The first-order chi connectivity index (χ1) is 11.0. The fraction of sp³-hybridized carbons (Fsp3) is 0.556. The number of benzene rings is 1. The average Bonchev–Trinajstić information content (AvgIpc) is 2.51. The standard InChI is InChI=1S/C18H26O5/c1-3-5-6-12(4-2)11-16-13(9-10-19)14(17(20)21)7-8-15(16)18(22)23/h7-8,12,19H,3-6,9-11H2,1-2H3,(H,20,21)(H,22,23). The van der Waals surface area contributed by atoms with Gasteiger partial charge in [0, 0.05) is 6.61 Å². The van der Waals surface area contributed by atoms with E-state index in [-0.39, 0.29) is 24.2 Å². The third-order valence-corrected chi connectivity index (χ3v) is 4.29. The van der Waals surface area contributed by atoms with Crippen molar-refractivity contribution in [2.24, 2.45) is 5.92 Å². The lowest BCUT2D eigenvalue weighted by Gasteiger charge is -2.20. The number of hydrogen-bond acceptors (Lipinski definition) is 3. The summed E-state index contributed by atoms with van der Waals surface area (Å²) >= 11 is 0. The number of carboxylic acids is 2. The van der Waals surface area contributed by atoms with Gasteiger partial charge in [0.05, 0.1) is 11.1 Å². The molecule has 0 amide bonds. The molecule has 0 aliphatic heterocycles. The van der Waals surface area contributed by atoms with Gasteiger partial charge in [0.25, 0.3) is 0 Å². The van der Waals surface area contributed by atoms with Crippen LogP contribution in [0.5, 0.6) is 0 Å². The van der Waals surface area contributed by atoms with E-state index in [2.05, 4.69) is 13.8 Å². The molecule has 0 aliphatic carbocycles. The van der Waals surface area contributed by atoms with Crippen LogP contribution in [0.15, 0.2) is 12.1 Å². The summed E-state index contributed by atoms with van der Waals surface area (Å²) in [6, 6.07) is 2.70. The van der Waals surface area contributed by atoms with Gasteiger partial charge in [-0.05, 0) is 42.0 Å². The normalized spacial score (nSPS) is 12.1. The van der Waals surface area contributed by atoms with Crippen LogP contribution in [0.25, 0.3) is 0 Å². The summed E-state index contributed by atoms with van der Waals surface area (Å²) < 4.78 is 0. The molecule has 23 heavy (non-hydrogen) atoms. The minimum absolute atomic E-state index is 0.0874. The van der Waals surface area contributed by atoms with Gasteiger partial charge in [0.2, 0.25) is 0 Å². The van der Waals surface area contributed by atoms with Crippen LogP contribution in [0, 0.1) is 5.92 Å². The van der Waals surface area contributed by atoms with Gasteiger partial charge in [-0.15, -0.1) is 0 Å². The molecule has 0 radical (unpaired) electrons. The molecule has 0 saturated heterocycles. The first kappa shape index (κ1) is 19.2. The Bertz CT molecular complexity index is 551. The number of aliphatic hydroxyl groups excluding tert-OH is 1. The molecule has 0 bridgehead atoms. The quantitative estimate of drug-likeness (QED) is 0.614. The largest absolute Gasteiger partial charge is 0.478 e. The first-order valence-corrected chi connectivity index (χ1v) is 8.18. The van der Waals surface area contributed by atoms with E-state index in [4.69, 9.17) is 0 Å². The number of aliphatic hydroxyl groups is 1. The predicted molar refractivity (Wildman–Crippen MR) is 88.2 cm³/mol. The Hall–Kier alpha value is -1.88. The Labute approximate surface area is 137 Å². The van der Waals surface area contributed by atoms with Crippen LogP contribution >= 0.6 is 0 Å². The lowest BCUT2D eigenvalue weighted by Crippen LogP contribution is -2.16. The molecule has 128 valence electrons. The van der Waals surface area contributed by atoms with E-state index in [1.807, 2.05) is 0 Å². The van der Waals surface area contributed by atoms with Crippen LogP contribution in [0.3, 0.4) is 0 Å². The van der Waals surface area contributed by atoms with Gasteiger partial charge < -0.3 is 15.3 Å². The fourth-order valence-electron chi connectivity index (χ4n) is 2.96. The molecule has 3 N–H and O–H groups in total. The van der Waals surface area contributed by atoms with Crippen molar-refractivity contribution in [3.8, 4) is 0 Å². The monoisotopic (exact) mass is 322 g/mol. The molecule has 1 rings (SSSR count). The maximum absolute atomic E-state index is 11.5. The maximum Gasteiger partial charge on any atom is 0.335 e. The molecule has 1 atom stereocenters. The van der Waals surface area contributed by atoms with Crippen molar-refractivity contribution in [1.29, 1.82) is 0 Å². The molecule has 0 spiro atoms. The zero-order valence-electron chi connectivity index (χ0n) is 13.8. The van der Waals surface area contributed by atoms with Gasteiger partial charge >= 0.3 is 11.9 Å². The lowest BCUT2D eigenvalue weighted by atomic mass is 9.85. The predicted octanol–water partition coefficient (Wildman–Crippen LogP) is 3.38. The SMILES string of the molecule is CCCCC(CC)Cc1c(C(=O)O)ccc(C(=O)O)c1CCO. The Morgan fingerprint density at radius 2 is 1.61 bits per heavy atom. The molecule has 0 heterocycles. The van der Waals surface area contributed by atoms with E-state index in [9.17, 15) is 24.9 Å². The van der Waals surface area contributed by atoms with Crippen LogP contribution in [-0.2, 0) is 12.8 Å². The smallest absolute Gasteiger partial charge is 0.335 e. The molecule has 0 saturated carbocycles. The van der Waals surface area contributed by atoms with Crippen molar-refractivity contribution in [3.05, 3.63) is 34.4 Å². The van der Waals surface area contributed by atoms with Gasteiger partial charge in [0.15, 0.2) is 0 Å². The van der Waals surface area contributed by atoms with Crippen molar-refractivity contribution >= 4 is 11.9 Å². The van der Waals surface area contributed by atoms with E-state index < -0.39 is 11.9 Å². The van der Waals surface area contributed by atoms with Crippen LogP contribution in [0.2, 0.25) is 0 Å². The van der Waals surface area contributed by atoms with Gasteiger partial charge in [-0.1, -0.05) is 39.5 Å². The minimum atomic E-state index is -1.09. The van der Waals surface area contributed by atoms with E-state index in [0.29, 0.717) is 23.5 Å². The molecule has 5 heteroatoms. The Morgan fingerprint density at radius 1 is 1.04 bits per heavy atom. The minimum Gasteiger partial charge on any atom is -0.478 e. The third kappa shape index (κ3) is 5.06. The Morgan fingerprint density at radius 3 is 2.04 bits per heavy atom. The third-order valence-electron chi connectivity index (χ3n) is 4.29. The number of carbonyl (C=O) groups is 2. The number of carboxylic acid groups (broad SMARTS) is 2. The van der Waals surface area contributed by atoms with Gasteiger partial charge in [0.1, 0.15) is 0 Å². The Balaban J connectivity index is 3.34. The Kier molecular flexibility index (Phi) is 7.75. The second kappa shape index (κ2) is 9.30. The van der Waals surface area contributed by atoms with E-state index in [1.54, 1.807) is 0 Å². The van der Waals surface area contributed by atoms with Crippen molar-refractivity contribution in [3.63, 3.8) is 0 Å². The topological polar surface area (TPSA) is 94.8 Å². The number of unbranched alkanes of at least 4 members (excludes halogenated alkanes) is 1. The number of aromatic carboxylic acids is 2. The summed E-state index contributed by atoms with van der Waals surface area (Å²) in [5.74, 6) is -1.83. The van der Waals surface area contributed by atoms with Crippen molar-refractivity contribution in [2.75, 3.05) is 6.61 Å². The second-order valence-electron chi connectivity index (χ2n) is 5.82. The zero-order chi connectivity index (χ0) is 17.4. The molecular formula is C18H26O5. The van der Waals surface area contributed by atoms with Crippen LogP contribution in [-0.4, -0.2) is 33.9 Å². The maximum atomic E-state index is 11.5. The van der Waals surface area contributed by atoms with E-state index >= 15 is 0 Å². The highest BCUT2D eigenvalue weighted by atomic mass is 16.4. The van der Waals surface area contributed by atoms with Gasteiger partial charge in [-0.2, -0.15) is 0 Å². The summed E-state index contributed by atoms with van der Waals surface area (Å²) in [5.41, 5.74) is 1.25. The summed E-state index contributed by atoms with van der Waals surface area (Å²) in [6.07, 6.45) is 4.73. The number of hydrogen-bond donors (Lipinski definition) is 3. The number of rotatable bonds is 10. The summed E-state index contributed by atoms with van der Waals surface area (Å²) in [6.45, 7) is 3.97. The summed E-state index contributed by atoms with van der Waals surface area (Å²) in [5, 5.41) is 28.1. The second-order valence-corrected chi connectivity index (χ2v) is 5.82. The summed E-state index contributed by atoms with van der Waals surface area (Å²) in [7, 11) is 0.